The fourth-order valence-corrected chi connectivity index (χ4v) is 4.02. The maximum absolute atomic E-state index is 12.0. The van der Waals surface area contributed by atoms with Crippen molar-refractivity contribution >= 4 is 23.9 Å². The molecule has 0 saturated carbocycles. The average Bonchev–Trinajstić information content (AvgIpc) is 2.94. The Morgan fingerprint density at radius 1 is 0.500 bits per heavy atom. The zero-order valence-corrected chi connectivity index (χ0v) is 25.7. The molecule has 0 heterocycles. The van der Waals surface area contributed by atoms with E-state index in [1.165, 1.54) is 77.0 Å². The molecule has 0 amide bonds. The summed E-state index contributed by atoms with van der Waals surface area (Å²) in [6.45, 7) is 5.60. The lowest BCUT2D eigenvalue weighted by molar-refractivity contribution is -0.160. The number of rotatable bonds is 25. The van der Waals surface area contributed by atoms with E-state index in [1.54, 1.807) is 0 Å². The summed E-state index contributed by atoms with van der Waals surface area (Å²) in [7, 11) is 0. The van der Waals surface area contributed by atoms with Crippen LogP contribution in [0, 0.1) is 0 Å². The molecule has 1 atom stereocenters. The van der Waals surface area contributed by atoms with Gasteiger partial charge in [0.05, 0.1) is 0 Å². The first kappa shape index (κ1) is 40.3. The van der Waals surface area contributed by atoms with Gasteiger partial charge in [0.1, 0.15) is 6.04 Å². The van der Waals surface area contributed by atoms with Crippen LogP contribution in [0.3, 0.4) is 0 Å². The first-order valence-electron chi connectivity index (χ1n) is 16.0. The maximum atomic E-state index is 12.0. The second kappa shape index (κ2) is 31.7. The summed E-state index contributed by atoms with van der Waals surface area (Å²) >= 11 is 0. The van der Waals surface area contributed by atoms with Gasteiger partial charge in [0.15, 0.2) is 0 Å². The molecule has 0 bridgehead atoms. The maximum Gasteiger partial charge on any atom is 0.330 e. The van der Waals surface area contributed by atoms with Crippen LogP contribution in [0.25, 0.3) is 0 Å². The largest absolute Gasteiger partial charge is 0.393 e. The first-order chi connectivity index (χ1) is 19.3. The van der Waals surface area contributed by atoms with Crippen LogP contribution in [0.1, 0.15) is 155 Å². The molecule has 0 unspecified atom stereocenters. The standard InChI is InChI=1S/C29H53NO6.C2H8N2/c1-3-5-7-9-11-13-15-17-19-21-26(31)35-28(33)24-23-25(30)29(34)36-27(32)22-20-18-16-14-12-10-8-6-4-2;3-1-2-4/h25H,3-24,30H2,1-2H3;1-4H2/t25-;/m0./s1. The SMILES string of the molecule is CCCCCCCCCCCC(=O)OC(=O)CC[C@H](N)C(=O)OC(=O)CCCCCCCCCCC.NCCN. The van der Waals surface area contributed by atoms with Crippen molar-refractivity contribution in [2.45, 2.75) is 161 Å². The summed E-state index contributed by atoms with van der Waals surface area (Å²) in [5.41, 5.74) is 15.5. The Labute approximate surface area is 244 Å². The summed E-state index contributed by atoms with van der Waals surface area (Å²) in [5, 5.41) is 0. The van der Waals surface area contributed by atoms with Crippen molar-refractivity contribution in [2.24, 2.45) is 17.2 Å². The minimum absolute atomic E-state index is 0.0334. The molecule has 6 N–H and O–H groups in total. The van der Waals surface area contributed by atoms with Gasteiger partial charge in [0, 0.05) is 32.4 Å². The number of unbranched alkanes of at least 4 members (excludes halogenated alkanes) is 16. The van der Waals surface area contributed by atoms with Gasteiger partial charge in [-0.1, -0.05) is 117 Å². The number of esters is 4. The molecule has 40 heavy (non-hydrogen) atoms. The zero-order chi connectivity index (χ0) is 30.3. The number of hydrogen-bond donors (Lipinski definition) is 3. The van der Waals surface area contributed by atoms with Crippen LogP contribution < -0.4 is 17.2 Å². The fourth-order valence-electron chi connectivity index (χ4n) is 4.02. The summed E-state index contributed by atoms with van der Waals surface area (Å²) in [4.78, 5) is 47.4. The van der Waals surface area contributed by atoms with Crippen molar-refractivity contribution in [3.8, 4) is 0 Å². The molecule has 0 rings (SSSR count). The number of nitrogens with two attached hydrogens (primary N) is 3. The molecule has 236 valence electrons. The van der Waals surface area contributed by atoms with E-state index in [0.717, 1.165) is 25.7 Å². The van der Waals surface area contributed by atoms with Crippen LogP contribution in [0.4, 0.5) is 0 Å². The van der Waals surface area contributed by atoms with Crippen molar-refractivity contribution < 1.29 is 28.7 Å². The van der Waals surface area contributed by atoms with E-state index < -0.39 is 29.9 Å². The topological polar surface area (TPSA) is 165 Å². The van der Waals surface area contributed by atoms with Gasteiger partial charge in [-0.2, -0.15) is 0 Å². The summed E-state index contributed by atoms with van der Waals surface area (Å²) in [6, 6.07) is -1.10. The molecule has 9 heteroatoms. The molecule has 0 aliphatic carbocycles. The third kappa shape index (κ3) is 30.7. The van der Waals surface area contributed by atoms with Crippen LogP contribution in [-0.4, -0.2) is 43.0 Å². The molecule has 0 aromatic carbocycles. The molecule has 0 aliphatic rings. The van der Waals surface area contributed by atoms with Crippen molar-refractivity contribution in [1.82, 2.24) is 0 Å². The van der Waals surface area contributed by atoms with Crippen molar-refractivity contribution in [1.29, 1.82) is 0 Å². The Morgan fingerprint density at radius 3 is 1.20 bits per heavy atom. The number of carbonyl (C=O) groups is 4. The van der Waals surface area contributed by atoms with E-state index in [2.05, 4.69) is 13.8 Å². The quantitative estimate of drug-likeness (QED) is 0.0679. The Morgan fingerprint density at radius 2 is 0.825 bits per heavy atom. The van der Waals surface area contributed by atoms with E-state index in [9.17, 15) is 19.2 Å². The van der Waals surface area contributed by atoms with Crippen molar-refractivity contribution in [3.63, 3.8) is 0 Å². The minimum atomic E-state index is -1.10. The highest BCUT2D eigenvalue weighted by Crippen LogP contribution is 2.12. The molecule has 0 aromatic heterocycles. The predicted octanol–water partition coefficient (Wildman–Crippen LogP) is 5.98. The Hall–Kier alpha value is -1.84. The molecule has 9 nitrogen and oxygen atoms in total. The predicted molar refractivity (Wildman–Crippen MR) is 161 cm³/mol. The average molecular weight is 572 g/mol. The van der Waals surface area contributed by atoms with E-state index in [-0.39, 0.29) is 25.7 Å². The van der Waals surface area contributed by atoms with Gasteiger partial charge >= 0.3 is 23.9 Å². The van der Waals surface area contributed by atoms with Gasteiger partial charge in [0.2, 0.25) is 0 Å². The van der Waals surface area contributed by atoms with Crippen LogP contribution in [-0.2, 0) is 28.7 Å². The lowest BCUT2D eigenvalue weighted by Gasteiger charge is -2.10. The molecular formula is C31H61N3O6. The summed E-state index contributed by atoms with van der Waals surface area (Å²) in [6.07, 6.45) is 20.6. The smallest absolute Gasteiger partial charge is 0.330 e. The van der Waals surface area contributed by atoms with Gasteiger partial charge in [-0.25, -0.2) is 4.79 Å². The Kier molecular flexibility index (Phi) is 31.9. The monoisotopic (exact) mass is 571 g/mol. The van der Waals surface area contributed by atoms with Crippen LogP contribution >= 0.6 is 0 Å². The van der Waals surface area contributed by atoms with E-state index >= 15 is 0 Å². The lowest BCUT2D eigenvalue weighted by Crippen LogP contribution is -2.34. The number of hydrogen-bond acceptors (Lipinski definition) is 9. The third-order valence-corrected chi connectivity index (χ3v) is 6.54. The number of ether oxygens (including phenoxy) is 2. The van der Waals surface area contributed by atoms with E-state index in [0.29, 0.717) is 25.9 Å². The van der Waals surface area contributed by atoms with E-state index in [1.807, 2.05) is 0 Å². The fraction of sp³-hybridized carbons (Fsp3) is 0.871. The van der Waals surface area contributed by atoms with Crippen LogP contribution in [0.15, 0.2) is 0 Å². The van der Waals surface area contributed by atoms with Crippen molar-refractivity contribution in [2.75, 3.05) is 13.1 Å². The molecule has 0 aliphatic heterocycles. The molecule has 0 radical (unpaired) electrons. The second-order valence-corrected chi connectivity index (χ2v) is 10.5. The molecule has 0 aromatic rings. The summed E-state index contributed by atoms with van der Waals surface area (Å²) < 4.78 is 9.58. The third-order valence-electron chi connectivity index (χ3n) is 6.54. The Balaban J connectivity index is 0. The van der Waals surface area contributed by atoms with Crippen molar-refractivity contribution in [3.05, 3.63) is 0 Å². The summed E-state index contributed by atoms with van der Waals surface area (Å²) in [5.74, 6) is -2.68. The first-order valence-corrected chi connectivity index (χ1v) is 16.0. The second-order valence-electron chi connectivity index (χ2n) is 10.5. The highest BCUT2D eigenvalue weighted by molar-refractivity contribution is 5.89. The normalized spacial score (nSPS) is 11.3. The molecular weight excluding hydrogens is 510 g/mol. The zero-order valence-electron chi connectivity index (χ0n) is 25.7. The number of carbonyl (C=O) groups excluding carboxylic acids is 4. The lowest BCUT2D eigenvalue weighted by atomic mass is 10.1. The van der Waals surface area contributed by atoms with E-state index in [4.69, 9.17) is 26.7 Å². The highest BCUT2D eigenvalue weighted by Gasteiger charge is 2.21. The van der Waals surface area contributed by atoms with Gasteiger partial charge in [-0.15, -0.1) is 0 Å². The molecule has 0 spiro atoms. The minimum Gasteiger partial charge on any atom is -0.393 e. The van der Waals surface area contributed by atoms with Gasteiger partial charge in [-0.3, -0.25) is 14.4 Å². The highest BCUT2D eigenvalue weighted by atomic mass is 16.6. The van der Waals surface area contributed by atoms with Gasteiger partial charge in [-0.05, 0) is 19.3 Å². The van der Waals surface area contributed by atoms with Gasteiger partial charge < -0.3 is 26.7 Å². The Bertz CT molecular complexity index is 628. The molecule has 0 saturated heterocycles. The van der Waals surface area contributed by atoms with Gasteiger partial charge in [0.25, 0.3) is 0 Å². The molecule has 0 fully saturated rings. The van der Waals surface area contributed by atoms with Crippen LogP contribution in [0.2, 0.25) is 0 Å². The van der Waals surface area contributed by atoms with Crippen LogP contribution in [0.5, 0.6) is 0 Å².